The summed E-state index contributed by atoms with van der Waals surface area (Å²) in [7, 11) is 1.74. The zero-order chi connectivity index (χ0) is 19.8. The van der Waals surface area contributed by atoms with E-state index in [-0.39, 0.29) is 10.6 Å². The summed E-state index contributed by atoms with van der Waals surface area (Å²) in [5.74, 6) is 0.730. The highest BCUT2D eigenvalue weighted by molar-refractivity contribution is 5.80. The molecule has 0 aromatic heterocycles. The van der Waals surface area contributed by atoms with Crippen LogP contribution in [0, 0.1) is 10.1 Å². The van der Waals surface area contributed by atoms with Gasteiger partial charge in [-0.25, -0.2) is 0 Å². The molecule has 0 amide bonds. The monoisotopic (exact) mass is 381 g/mol. The summed E-state index contributed by atoms with van der Waals surface area (Å²) in [5.41, 5.74) is 2.31. The van der Waals surface area contributed by atoms with Gasteiger partial charge in [0.2, 0.25) is 0 Å². The van der Waals surface area contributed by atoms with Gasteiger partial charge in [0.1, 0.15) is 0 Å². The fraction of sp³-hybridized carbons (Fsp3) is 0.381. The summed E-state index contributed by atoms with van der Waals surface area (Å²) in [5, 5.41) is 17.6. The third-order valence-electron chi connectivity index (χ3n) is 4.98. The minimum Gasteiger partial charge on any atom is -0.354 e. The Morgan fingerprint density at radius 3 is 2.54 bits per heavy atom. The van der Waals surface area contributed by atoms with Gasteiger partial charge >= 0.3 is 0 Å². The van der Waals surface area contributed by atoms with Crippen LogP contribution in [0.5, 0.6) is 0 Å². The third kappa shape index (κ3) is 5.79. The second-order valence-corrected chi connectivity index (χ2v) is 7.03. The van der Waals surface area contributed by atoms with Crippen molar-refractivity contribution in [2.75, 3.05) is 20.1 Å². The summed E-state index contributed by atoms with van der Waals surface area (Å²) in [6.45, 7) is 3.59. The largest absolute Gasteiger partial charge is 0.354 e. The first kappa shape index (κ1) is 19.8. The Hall–Kier alpha value is -2.93. The van der Waals surface area contributed by atoms with E-state index < -0.39 is 0 Å². The van der Waals surface area contributed by atoms with Crippen LogP contribution in [0.1, 0.15) is 24.0 Å². The van der Waals surface area contributed by atoms with Crippen molar-refractivity contribution in [1.29, 1.82) is 0 Å². The number of benzene rings is 2. The van der Waals surface area contributed by atoms with Crippen molar-refractivity contribution in [3.63, 3.8) is 0 Å². The maximum atomic E-state index is 10.9. The van der Waals surface area contributed by atoms with Gasteiger partial charge < -0.3 is 10.6 Å². The quantitative estimate of drug-likeness (QED) is 0.348. The van der Waals surface area contributed by atoms with Gasteiger partial charge in [0.15, 0.2) is 5.96 Å². The molecular weight excluding hydrogens is 354 g/mol. The first-order chi connectivity index (χ1) is 13.6. The number of nitrogens with one attached hydrogen (secondary N) is 2. The average molecular weight is 381 g/mol. The minimum absolute atomic E-state index is 0.105. The molecule has 0 radical (unpaired) electrons. The molecule has 2 aromatic rings. The lowest BCUT2D eigenvalue weighted by Gasteiger charge is -2.33. The summed E-state index contributed by atoms with van der Waals surface area (Å²) in [6, 6.07) is 17.6. The second kappa shape index (κ2) is 9.85. The van der Waals surface area contributed by atoms with Crippen LogP contribution in [0.15, 0.2) is 59.6 Å². The highest BCUT2D eigenvalue weighted by Gasteiger charge is 2.20. The van der Waals surface area contributed by atoms with Crippen molar-refractivity contribution in [2.24, 2.45) is 4.99 Å². The number of guanidine groups is 1. The lowest BCUT2D eigenvalue weighted by molar-refractivity contribution is -0.384. The lowest BCUT2D eigenvalue weighted by atomic mass is 10.0. The number of nitro benzene ring substituents is 1. The molecular formula is C21H27N5O2. The zero-order valence-electron chi connectivity index (χ0n) is 16.2. The Bertz CT molecular complexity index is 801. The number of nitrogens with zero attached hydrogens (tertiary/aromatic N) is 3. The van der Waals surface area contributed by atoms with E-state index in [1.54, 1.807) is 19.2 Å². The van der Waals surface area contributed by atoms with Crippen LogP contribution in [-0.2, 0) is 13.1 Å². The van der Waals surface area contributed by atoms with Gasteiger partial charge in [0.05, 0.1) is 4.92 Å². The SMILES string of the molecule is CN=C(NCc1cccc([N+](=O)[O-])c1)NC1CCN(Cc2ccccc2)CC1. The maximum Gasteiger partial charge on any atom is 0.269 e. The standard InChI is InChI=1S/C21H27N5O2/c1-22-21(23-15-18-8-5-9-20(14-18)26(27)28)24-19-10-12-25(13-11-19)16-17-6-3-2-4-7-17/h2-9,14,19H,10-13,15-16H2,1H3,(H2,22,23,24). The minimum atomic E-state index is -0.375. The highest BCUT2D eigenvalue weighted by atomic mass is 16.6. The predicted octanol–water partition coefficient (Wildman–Crippen LogP) is 2.92. The summed E-state index contributed by atoms with van der Waals surface area (Å²) in [4.78, 5) is 17.3. The number of piperidine rings is 1. The Labute approximate surface area is 165 Å². The molecule has 0 aliphatic carbocycles. The zero-order valence-corrected chi connectivity index (χ0v) is 16.2. The van der Waals surface area contributed by atoms with Gasteiger partial charge in [-0.05, 0) is 24.0 Å². The average Bonchev–Trinajstić information content (AvgIpc) is 2.73. The topological polar surface area (TPSA) is 82.8 Å². The van der Waals surface area contributed by atoms with Crippen LogP contribution in [0.2, 0.25) is 0 Å². The third-order valence-corrected chi connectivity index (χ3v) is 4.98. The Kier molecular flexibility index (Phi) is 6.97. The molecule has 1 aliphatic heterocycles. The molecule has 1 heterocycles. The molecule has 2 aromatic carbocycles. The normalized spacial score (nSPS) is 16.0. The van der Waals surface area contributed by atoms with Crippen molar-refractivity contribution in [3.8, 4) is 0 Å². The molecule has 7 heteroatoms. The Morgan fingerprint density at radius 1 is 1.14 bits per heavy atom. The molecule has 0 saturated carbocycles. The van der Waals surface area contributed by atoms with Gasteiger partial charge in [-0.3, -0.25) is 20.0 Å². The second-order valence-electron chi connectivity index (χ2n) is 7.03. The van der Waals surface area contributed by atoms with Crippen LogP contribution in [-0.4, -0.2) is 42.0 Å². The van der Waals surface area contributed by atoms with Crippen LogP contribution in [0.4, 0.5) is 5.69 Å². The van der Waals surface area contributed by atoms with E-state index in [1.165, 1.54) is 11.6 Å². The number of aliphatic imine (C=N–C) groups is 1. The summed E-state index contributed by atoms with van der Waals surface area (Å²) >= 11 is 0. The Morgan fingerprint density at radius 2 is 1.86 bits per heavy atom. The number of nitro groups is 1. The van der Waals surface area contributed by atoms with Crippen LogP contribution >= 0.6 is 0 Å². The molecule has 28 heavy (non-hydrogen) atoms. The van der Waals surface area contributed by atoms with Crippen molar-refractivity contribution in [2.45, 2.75) is 32.0 Å². The van der Waals surface area contributed by atoms with Gasteiger partial charge in [-0.2, -0.15) is 0 Å². The highest BCUT2D eigenvalue weighted by Crippen LogP contribution is 2.15. The van der Waals surface area contributed by atoms with E-state index in [9.17, 15) is 10.1 Å². The number of hydrogen-bond acceptors (Lipinski definition) is 4. The van der Waals surface area contributed by atoms with Crippen LogP contribution in [0.25, 0.3) is 0 Å². The molecule has 2 N–H and O–H groups in total. The first-order valence-electron chi connectivity index (χ1n) is 9.61. The van der Waals surface area contributed by atoms with E-state index >= 15 is 0 Å². The molecule has 7 nitrogen and oxygen atoms in total. The summed E-state index contributed by atoms with van der Waals surface area (Å²) < 4.78 is 0. The number of hydrogen-bond donors (Lipinski definition) is 2. The van der Waals surface area contributed by atoms with Gasteiger partial charge in [0.25, 0.3) is 5.69 Å². The van der Waals surface area contributed by atoms with Gasteiger partial charge in [0, 0.05) is 51.4 Å². The Balaban J connectivity index is 1.44. The predicted molar refractivity (Wildman–Crippen MR) is 111 cm³/mol. The lowest BCUT2D eigenvalue weighted by Crippen LogP contribution is -2.48. The van der Waals surface area contributed by atoms with Gasteiger partial charge in [-0.15, -0.1) is 0 Å². The van der Waals surface area contributed by atoms with Gasteiger partial charge in [-0.1, -0.05) is 42.5 Å². The van der Waals surface area contributed by atoms with E-state index in [2.05, 4.69) is 44.8 Å². The summed E-state index contributed by atoms with van der Waals surface area (Å²) in [6.07, 6.45) is 2.12. The van der Waals surface area contributed by atoms with Crippen molar-refractivity contribution < 1.29 is 4.92 Å². The number of likely N-dealkylation sites (tertiary alicyclic amines) is 1. The van der Waals surface area contributed by atoms with E-state index in [0.717, 1.165) is 44.0 Å². The molecule has 1 saturated heterocycles. The van der Waals surface area contributed by atoms with Crippen LogP contribution in [0.3, 0.4) is 0 Å². The fourth-order valence-electron chi connectivity index (χ4n) is 3.43. The molecule has 0 bridgehead atoms. The number of rotatable bonds is 6. The maximum absolute atomic E-state index is 10.9. The molecule has 0 spiro atoms. The van der Waals surface area contributed by atoms with E-state index in [1.807, 2.05) is 12.1 Å². The van der Waals surface area contributed by atoms with Crippen LogP contribution < -0.4 is 10.6 Å². The smallest absolute Gasteiger partial charge is 0.269 e. The molecule has 148 valence electrons. The fourth-order valence-corrected chi connectivity index (χ4v) is 3.43. The number of non-ortho nitro benzene ring substituents is 1. The van der Waals surface area contributed by atoms with Crippen molar-refractivity contribution in [3.05, 3.63) is 75.8 Å². The van der Waals surface area contributed by atoms with E-state index in [0.29, 0.717) is 12.6 Å². The molecule has 1 fully saturated rings. The molecule has 0 unspecified atom stereocenters. The van der Waals surface area contributed by atoms with E-state index in [4.69, 9.17) is 0 Å². The molecule has 0 atom stereocenters. The molecule has 1 aliphatic rings. The van der Waals surface area contributed by atoms with Crippen molar-refractivity contribution >= 4 is 11.6 Å². The van der Waals surface area contributed by atoms with Crippen molar-refractivity contribution in [1.82, 2.24) is 15.5 Å². The molecule has 3 rings (SSSR count). The first-order valence-corrected chi connectivity index (χ1v) is 9.61.